The molecule has 1 aliphatic carbocycles. The number of aromatic nitrogens is 2. The van der Waals surface area contributed by atoms with Gasteiger partial charge in [-0.05, 0) is 43.9 Å². The Morgan fingerprint density at radius 2 is 2.14 bits per heavy atom. The van der Waals surface area contributed by atoms with Crippen LogP contribution in [0.15, 0.2) is 27.8 Å². The van der Waals surface area contributed by atoms with Gasteiger partial charge in [-0.2, -0.15) is 0 Å². The summed E-state index contributed by atoms with van der Waals surface area (Å²) in [6.07, 6.45) is 3.59. The van der Waals surface area contributed by atoms with E-state index in [2.05, 4.69) is 10.3 Å². The third-order valence-corrected chi connectivity index (χ3v) is 4.33. The van der Waals surface area contributed by atoms with Crippen LogP contribution < -0.4 is 16.4 Å². The van der Waals surface area contributed by atoms with Crippen molar-refractivity contribution >= 4 is 16.9 Å². The maximum atomic E-state index is 12.2. The summed E-state index contributed by atoms with van der Waals surface area (Å²) in [6.45, 7) is 2.91. The molecule has 6 heteroatoms. The Balaban J connectivity index is 1.92. The second-order valence-electron chi connectivity index (χ2n) is 5.74. The van der Waals surface area contributed by atoms with Crippen molar-refractivity contribution in [3.8, 4) is 0 Å². The molecule has 6 nitrogen and oxygen atoms in total. The Morgan fingerprint density at radius 3 is 2.77 bits per heavy atom. The van der Waals surface area contributed by atoms with Gasteiger partial charge >= 0.3 is 11.1 Å². The van der Waals surface area contributed by atoms with Gasteiger partial charge in [0.2, 0.25) is 0 Å². The highest BCUT2D eigenvalue weighted by Gasteiger charge is 2.18. The van der Waals surface area contributed by atoms with Crippen molar-refractivity contribution in [2.45, 2.75) is 32.7 Å². The summed E-state index contributed by atoms with van der Waals surface area (Å²) in [4.78, 5) is 38.2. The quantitative estimate of drug-likeness (QED) is 0.833. The third kappa shape index (κ3) is 2.56. The van der Waals surface area contributed by atoms with Gasteiger partial charge in [0, 0.05) is 18.7 Å². The van der Waals surface area contributed by atoms with Gasteiger partial charge in [0.15, 0.2) is 0 Å². The smallest absolute Gasteiger partial charge is 0.316 e. The molecule has 22 heavy (non-hydrogen) atoms. The lowest BCUT2D eigenvalue weighted by Gasteiger charge is -2.25. The van der Waals surface area contributed by atoms with Crippen LogP contribution in [-0.2, 0) is 6.54 Å². The fraction of sp³-hybridized carbons (Fsp3) is 0.438. The molecule has 0 saturated heterocycles. The normalized spacial score (nSPS) is 14.8. The van der Waals surface area contributed by atoms with E-state index >= 15 is 0 Å². The molecule has 116 valence electrons. The van der Waals surface area contributed by atoms with Crippen molar-refractivity contribution in [1.82, 2.24) is 14.9 Å². The summed E-state index contributed by atoms with van der Waals surface area (Å²) in [7, 11) is 0. The number of benzene rings is 1. The Bertz CT molecular complexity index is 831. The molecule has 2 N–H and O–H groups in total. The van der Waals surface area contributed by atoms with E-state index in [1.807, 2.05) is 0 Å². The standard InChI is InChI=1S/C16H19N3O3/c1-2-19-13-7-6-11(8-12(13)18-15(21)16(19)22)14(20)17-9-10-4-3-5-10/h6-8,10H,2-5,9H2,1H3,(H,17,20)(H,18,21). The van der Waals surface area contributed by atoms with Gasteiger partial charge in [-0.3, -0.25) is 14.4 Å². The van der Waals surface area contributed by atoms with Crippen molar-refractivity contribution in [3.05, 3.63) is 44.5 Å². The average Bonchev–Trinajstić information content (AvgIpc) is 2.46. The summed E-state index contributed by atoms with van der Waals surface area (Å²) in [6, 6.07) is 5.01. The van der Waals surface area contributed by atoms with Crippen LogP contribution in [0, 0.1) is 5.92 Å². The SMILES string of the molecule is CCn1c(=O)c(=O)[nH]c2cc(C(=O)NCC3CCC3)ccc21. The third-order valence-electron chi connectivity index (χ3n) is 4.33. The van der Waals surface area contributed by atoms with E-state index in [4.69, 9.17) is 0 Å². The Hall–Kier alpha value is -2.37. The molecule has 1 saturated carbocycles. The fourth-order valence-electron chi connectivity index (χ4n) is 2.77. The maximum absolute atomic E-state index is 12.2. The first kappa shape index (κ1) is 14.6. The molecule has 0 radical (unpaired) electrons. The van der Waals surface area contributed by atoms with Crippen molar-refractivity contribution in [1.29, 1.82) is 0 Å². The summed E-state index contributed by atoms with van der Waals surface area (Å²) >= 11 is 0. The molecule has 1 amide bonds. The lowest BCUT2D eigenvalue weighted by atomic mass is 9.85. The van der Waals surface area contributed by atoms with Gasteiger partial charge in [0.25, 0.3) is 5.91 Å². The summed E-state index contributed by atoms with van der Waals surface area (Å²) in [5.74, 6) is 0.443. The molecule has 1 heterocycles. The predicted octanol–water partition coefficient (Wildman–Crippen LogP) is 1.24. The second kappa shape index (κ2) is 5.79. The van der Waals surface area contributed by atoms with Gasteiger partial charge in [0.1, 0.15) is 0 Å². The van der Waals surface area contributed by atoms with E-state index in [-0.39, 0.29) is 5.91 Å². The van der Waals surface area contributed by atoms with E-state index in [0.29, 0.717) is 35.6 Å². The van der Waals surface area contributed by atoms with Crippen molar-refractivity contribution in [2.24, 2.45) is 5.92 Å². The number of aromatic amines is 1. The van der Waals surface area contributed by atoms with Crippen LogP contribution in [0.5, 0.6) is 0 Å². The van der Waals surface area contributed by atoms with Gasteiger partial charge in [0.05, 0.1) is 11.0 Å². The number of carbonyl (C=O) groups is 1. The van der Waals surface area contributed by atoms with Crippen LogP contribution in [0.4, 0.5) is 0 Å². The number of fused-ring (bicyclic) bond motifs is 1. The molecule has 0 bridgehead atoms. The Labute approximate surface area is 127 Å². The zero-order valence-electron chi connectivity index (χ0n) is 12.5. The Morgan fingerprint density at radius 1 is 1.36 bits per heavy atom. The highest BCUT2D eigenvalue weighted by atomic mass is 16.2. The first-order valence-corrected chi connectivity index (χ1v) is 7.65. The minimum absolute atomic E-state index is 0.149. The molecule has 1 aliphatic rings. The minimum Gasteiger partial charge on any atom is -0.352 e. The molecule has 0 spiro atoms. The highest BCUT2D eigenvalue weighted by molar-refractivity contribution is 5.97. The molecular weight excluding hydrogens is 282 g/mol. The average molecular weight is 301 g/mol. The predicted molar refractivity (Wildman–Crippen MR) is 84.2 cm³/mol. The van der Waals surface area contributed by atoms with E-state index in [9.17, 15) is 14.4 Å². The number of nitrogens with one attached hydrogen (secondary N) is 2. The number of H-pyrrole nitrogens is 1. The molecule has 0 atom stereocenters. The van der Waals surface area contributed by atoms with Crippen molar-refractivity contribution < 1.29 is 4.79 Å². The first-order valence-electron chi connectivity index (χ1n) is 7.65. The van der Waals surface area contributed by atoms with Gasteiger partial charge in [-0.25, -0.2) is 0 Å². The van der Waals surface area contributed by atoms with Gasteiger partial charge < -0.3 is 14.9 Å². The van der Waals surface area contributed by atoms with E-state index in [0.717, 1.165) is 0 Å². The number of hydrogen-bond donors (Lipinski definition) is 2. The van der Waals surface area contributed by atoms with Crippen molar-refractivity contribution in [2.75, 3.05) is 6.54 Å². The maximum Gasteiger partial charge on any atom is 0.316 e. The number of rotatable bonds is 4. The highest BCUT2D eigenvalue weighted by Crippen LogP contribution is 2.25. The van der Waals surface area contributed by atoms with Crippen LogP contribution in [0.25, 0.3) is 11.0 Å². The van der Waals surface area contributed by atoms with Gasteiger partial charge in [-0.1, -0.05) is 6.42 Å². The molecule has 2 aromatic rings. The summed E-state index contributed by atoms with van der Waals surface area (Å²) < 4.78 is 1.41. The minimum atomic E-state index is -0.665. The van der Waals surface area contributed by atoms with Crippen molar-refractivity contribution in [3.63, 3.8) is 0 Å². The monoisotopic (exact) mass is 301 g/mol. The molecule has 1 aromatic heterocycles. The fourth-order valence-corrected chi connectivity index (χ4v) is 2.77. The van der Waals surface area contributed by atoms with Crippen LogP contribution in [0.2, 0.25) is 0 Å². The zero-order valence-corrected chi connectivity index (χ0v) is 12.5. The lowest BCUT2D eigenvalue weighted by molar-refractivity contribution is 0.0939. The van der Waals surface area contributed by atoms with Crippen LogP contribution in [0.1, 0.15) is 36.5 Å². The molecule has 1 fully saturated rings. The largest absolute Gasteiger partial charge is 0.352 e. The summed E-state index contributed by atoms with van der Waals surface area (Å²) in [5, 5.41) is 2.92. The second-order valence-corrected chi connectivity index (χ2v) is 5.74. The number of nitrogens with zero attached hydrogens (tertiary/aromatic N) is 1. The summed E-state index contributed by atoms with van der Waals surface area (Å²) in [5.41, 5.74) is 0.382. The van der Waals surface area contributed by atoms with E-state index in [1.54, 1.807) is 25.1 Å². The van der Waals surface area contributed by atoms with Crippen LogP contribution in [0.3, 0.4) is 0 Å². The molecule has 0 aliphatic heterocycles. The number of aryl methyl sites for hydroxylation is 1. The molecule has 0 unspecified atom stereocenters. The number of amides is 1. The lowest BCUT2D eigenvalue weighted by Crippen LogP contribution is -2.36. The molecular formula is C16H19N3O3. The van der Waals surface area contributed by atoms with Crippen LogP contribution in [-0.4, -0.2) is 22.0 Å². The molecule has 1 aromatic carbocycles. The topological polar surface area (TPSA) is 84.0 Å². The first-order chi connectivity index (χ1) is 10.6. The number of hydrogen-bond acceptors (Lipinski definition) is 3. The Kier molecular flexibility index (Phi) is 3.83. The van der Waals surface area contributed by atoms with Gasteiger partial charge in [-0.15, -0.1) is 0 Å². The molecule has 3 rings (SSSR count). The van der Waals surface area contributed by atoms with E-state index < -0.39 is 11.1 Å². The van der Waals surface area contributed by atoms with E-state index in [1.165, 1.54) is 23.8 Å². The van der Waals surface area contributed by atoms with Crippen LogP contribution >= 0.6 is 0 Å². The number of carbonyl (C=O) groups excluding carboxylic acids is 1. The zero-order chi connectivity index (χ0) is 15.7.